The number of nitrogens with one attached hydrogen (secondary N) is 1. The van der Waals surface area contributed by atoms with Crippen LogP contribution in [-0.2, 0) is 11.3 Å². The molecule has 10 heteroatoms. The molecule has 0 aliphatic heterocycles. The molecule has 0 aliphatic rings. The van der Waals surface area contributed by atoms with Crippen molar-refractivity contribution in [2.24, 2.45) is 5.73 Å². The van der Waals surface area contributed by atoms with Crippen molar-refractivity contribution in [2.75, 3.05) is 5.32 Å². The monoisotopic (exact) mass is 409 g/mol. The molecule has 146 valence electrons. The van der Waals surface area contributed by atoms with Gasteiger partial charge in [0.25, 0.3) is 0 Å². The van der Waals surface area contributed by atoms with E-state index in [2.05, 4.69) is 20.4 Å². The first-order valence-corrected chi connectivity index (χ1v) is 8.95. The number of carbonyl (C=O) groups is 2. The Kier molecular flexibility index (Phi) is 6.16. The van der Waals surface area contributed by atoms with Crippen molar-refractivity contribution in [3.63, 3.8) is 0 Å². The number of aromatic nitrogens is 4. The normalized spacial score (nSPS) is 10.3. The Morgan fingerprint density at radius 2 is 2.00 bits per heavy atom. The largest absolute Gasteiger partial charge is 0.368 e. The lowest BCUT2D eigenvalue weighted by molar-refractivity contribution is -0.118. The van der Waals surface area contributed by atoms with E-state index >= 15 is 0 Å². The summed E-state index contributed by atoms with van der Waals surface area (Å²) in [6.45, 7) is -0.0339. The molecule has 0 aliphatic carbocycles. The Bertz CT molecular complexity index is 1090. The van der Waals surface area contributed by atoms with E-state index in [4.69, 9.17) is 22.6 Å². The zero-order chi connectivity index (χ0) is 20.8. The second-order valence-electron chi connectivity index (χ2n) is 6.07. The van der Waals surface area contributed by atoms with Gasteiger partial charge in [0.15, 0.2) is 5.78 Å². The third kappa shape index (κ3) is 5.15. The van der Waals surface area contributed by atoms with E-state index in [0.717, 1.165) is 0 Å². The fraction of sp³-hybridized carbons (Fsp3) is 0.158. The molecule has 2 heterocycles. The number of halogens is 1. The lowest BCUT2D eigenvalue weighted by Gasteiger charge is -2.08. The number of Topliss-reactive ketones (excluding diaryl/α,β-unsaturated/α-hetero) is 1. The summed E-state index contributed by atoms with van der Waals surface area (Å²) in [5, 5.41) is 15.9. The SMILES string of the molecule is N#CCCC(=O)c1ccc(-c2nc(Nc3cnn(CC(N)=O)c3)ncc2Cl)cc1. The number of rotatable bonds is 8. The van der Waals surface area contributed by atoms with Crippen LogP contribution in [0.2, 0.25) is 5.02 Å². The van der Waals surface area contributed by atoms with Gasteiger partial charge in [-0.2, -0.15) is 10.4 Å². The number of carbonyl (C=O) groups excluding carboxylic acids is 2. The lowest BCUT2D eigenvalue weighted by atomic mass is 10.0. The molecule has 3 rings (SSSR count). The number of nitrogens with two attached hydrogens (primary N) is 1. The molecule has 3 N–H and O–H groups in total. The van der Waals surface area contributed by atoms with E-state index in [-0.39, 0.29) is 31.1 Å². The van der Waals surface area contributed by atoms with Crippen molar-refractivity contribution >= 4 is 34.9 Å². The van der Waals surface area contributed by atoms with Gasteiger partial charge in [0.2, 0.25) is 11.9 Å². The van der Waals surface area contributed by atoms with Crippen molar-refractivity contribution in [3.05, 3.63) is 53.4 Å². The molecule has 0 bridgehead atoms. The van der Waals surface area contributed by atoms with Crippen LogP contribution in [0.5, 0.6) is 0 Å². The number of hydrogen-bond donors (Lipinski definition) is 2. The van der Waals surface area contributed by atoms with Crippen LogP contribution >= 0.6 is 11.6 Å². The van der Waals surface area contributed by atoms with Crippen molar-refractivity contribution < 1.29 is 9.59 Å². The van der Waals surface area contributed by atoms with Gasteiger partial charge in [-0.25, -0.2) is 9.97 Å². The van der Waals surface area contributed by atoms with Crippen molar-refractivity contribution in [1.29, 1.82) is 5.26 Å². The number of ketones is 1. The Morgan fingerprint density at radius 1 is 1.24 bits per heavy atom. The van der Waals surface area contributed by atoms with Crippen LogP contribution in [0.1, 0.15) is 23.2 Å². The van der Waals surface area contributed by atoms with E-state index in [1.54, 1.807) is 30.5 Å². The van der Waals surface area contributed by atoms with E-state index in [1.807, 2.05) is 6.07 Å². The molecule has 0 spiro atoms. The van der Waals surface area contributed by atoms with Crippen LogP contribution in [0, 0.1) is 11.3 Å². The van der Waals surface area contributed by atoms with Gasteiger partial charge in [-0.3, -0.25) is 14.3 Å². The summed E-state index contributed by atoms with van der Waals surface area (Å²) in [6.07, 6.45) is 4.95. The molecule has 0 saturated heterocycles. The van der Waals surface area contributed by atoms with E-state index in [0.29, 0.717) is 27.5 Å². The second-order valence-corrected chi connectivity index (χ2v) is 6.47. The number of amides is 1. The van der Waals surface area contributed by atoms with E-state index < -0.39 is 5.91 Å². The highest BCUT2D eigenvalue weighted by Gasteiger charge is 2.11. The maximum atomic E-state index is 12.0. The molecule has 0 atom stereocenters. The molecular formula is C19H16ClN7O2. The standard InChI is InChI=1S/C19H16ClN7O2/c20-15-9-23-19(25-14-8-24-27(10-14)11-17(22)29)26-18(15)13-5-3-12(4-6-13)16(28)2-1-7-21/h3-6,8-10H,1-2,11H2,(H2,22,29)(H,23,25,26). The molecule has 0 fully saturated rings. The smallest absolute Gasteiger partial charge is 0.239 e. The van der Waals surface area contributed by atoms with Gasteiger partial charge >= 0.3 is 0 Å². The number of hydrogen-bond acceptors (Lipinski definition) is 7. The Morgan fingerprint density at radius 3 is 2.69 bits per heavy atom. The minimum absolute atomic E-state index is 0.0339. The first kappa shape index (κ1) is 20.0. The number of nitriles is 1. The zero-order valence-electron chi connectivity index (χ0n) is 15.2. The van der Waals surface area contributed by atoms with Gasteiger partial charge in [-0.1, -0.05) is 35.9 Å². The van der Waals surface area contributed by atoms with Crippen LogP contribution < -0.4 is 11.1 Å². The first-order chi connectivity index (χ1) is 14.0. The van der Waals surface area contributed by atoms with Crippen molar-refractivity contribution in [2.45, 2.75) is 19.4 Å². The summed E-state index contributed by atoms with van der Waals surface area (Å²) in [5.41, 5.74) is 7.45. The fourth-order valence-electron chi connectivity index (χ4n) is 2.56. The highest BCUT2D eigenvalue weighted by molar-refractivity contribution is 6.32. The average molecular weight is 410 g/mol. The highest BCUT2D eigenvalue weighted by Crippen LogP contribution is 2.27. The van der Waals surface area contributed by atoms with Gasteiger partial charge in [0, 0.05) is 30.2 Å². The number of nitrogens with zero attached hydrogens (tertiary/aromatic N) is 5. The van der Waals surface area contributed by atoms with Crippen LogP contribution in [0.25, 0.3) is 11.3 Å². The Hall–Kier alpha value is -3.77. The summed E-state index contributed by atoms with van der Waals surface area (Å²) < 4.78 is 1.39. The van der Waals surface area contributed by atoms with Crippen molar-refractivity contribution in [1.82, 2.24) is 19.7 Å². The maximum absolute atomic E-state index is 12.0. The molecule has 0 saturated carbocycles. The fourth-order valence-corrected chi connectivity index (χ4v) is 2.76. The van der Waals surface area contributed by atoms with Crippen molar-refractivity contribution in [3.8, 4) is 17.3 Å². The molecule has 0 radical (unpaired) electrons. The summed E-state index contributed by atoms with van der Waals surface area (Å²) in [5.74, 6) is -0.307. The second kappa shape index (κ2) is 8.95. The molecule has 1 amide bonds. The molecule has 0 unspecified atom stereocenters. The Labute approximate surface area is 171 Å². The lowest BCUT2D eigenvalue weighted by Crippen LogP contribution is -2.18. The number of anilines is 2. The van der Waals surface area contributed by atoms with Crippen LogP contribution in [0.3, 0.4) is 0 Å². The summed E-state index contributed by atoms with van der Waals surface area (Å²) in [6, 6.07) is 8.79. The van der Waals surface area contributed by atoms with E-state index in [9.17, 15) is 9.59 Å². The first-order valence-electron chi connectivity index (χ1n) is 8.57. The third-order valence-electron chi connectivity index (χ3n) is 3.90. The summed E-state index contributed by atoms with van der Waals surface area (Å²) >= 11 is 6.24. The maximum Gasteiger partial charge on any atom is 0.239 e. The molecule has 3 aromatic rings. The minimum atomic E-state index is -0.501. The summed E-state index contributed by atoms with van der Waals surface area (Å²) in [4.78, 5) is 31.5. The quantitative estimate of drug-likeness (QED) is 0.545. The predicted octanol–water partition coefficient (Wildman–Crippen LogP) is 2.71. The highest BCUT2D eigenvalue weighted by atomic mass is 35.5. The molecular weight excluding hydrogens is 394 g/mol. The van der Waals surface area contributed by atoms with Gasteiger partial charge in [0.1, 0.15) is 6.54 Å². The van der Waals surface area contributed by atoms with Gasteiger partial charge in [-0.05, 0) is 0 Å². The molecule has 9 nitrogen and oxygen atoms in total. The van der Waals surface area contributed by atoms with Gasteiger partial charge in [0.05, 0.1) is 34.9 Å². The number of primary amides is 1. The van der Waals surface area contributed by atoms with Gasteiger partial charge in [-0.15, -0.1) is 0 Å². The topological polar surface area (TPSA) is 140 Å². The summed E-state index contributed by atoms with van der Waals surface area (Å²) in [7, 11) is 0. The minimum Gasteiger partial charge on any atom is -0.368 e. The zero-order valence-corrected chi connectivity index (χ0v) is 15.9. The third-order valence-corrected chi connectivity index (χ3v) is 4.17. The number of benzene rings is 1. The van der Waals surface area contributed by atoms with Crippen LogP contribution in [0.15, 0.2) is 42.9 Å². The molecule has 29 heavy (non-hydrogen) atoms. The Balaban J connectivity index is 1.78. The predicted molar refractivity (Wildman–Crippen MR) is 106 cm³/mol. The average Bonchev–Trinajstić information content (AvgIpc) is 3.13. The molecule has 1 aromatic carbocycles. The molecule has 2 aromatic heterocycles. The van der Waals surface area contributed by atoms with Crippen LogP contribution in [-0.4, -0.2) is 31.4 Å². The van der Waals surface area contributed by atoms with E-state index in [1.165, 1.54) is 17.1 Å². The van der Waals surface area contributed by atoms with Gasteiger partial charge < -0.3 is 11.1 Å². The van der Waals surface area contributed by atoms with Crippen LogP contribution in [0.4, 0.5) is 11.6 Å².